The molecule has 0 fully saturated rings. The lowest BCUT2D eigenvalue weighted by Crippen LogP contribution is -2.01. The first kappa shape index (κ1) is 21.0. The smallest absolute Gasteiger partial charge is 0.191 e. The molecule has 0 N–H and O–H groups in total. The van der Waals surface area contributed by atoms with Gasteiger partial charge in [0.15, 0.2) is 11.0 Å². The monoisotopic (exact) mass is 456 g/mol. The number of nitrogens with zero attached hydrogens (tertiary/aromatic N) is 4. The number of aryl methyl sites for hydroxylation is 2. The van der Waals surface area contributed by atoms with Gasteiger partial charge < -0.3 is 9.13 Å². The molecule has 2 aromatic heterocycles. The normalized spacial score (nSPS) is 11.2. The van der Waals surface area contributed by atoms with Crippen LogP contribution < -0.4 is 0 Å². The van der Waals surface area contributed by atoms with E-state index in [9.17, 15) is 0 Å². The van der Waals surface area contributed by atoms with Crippen molar-refractivity contribution in [3.63, 3.8) is 0 Å². The number of halogens is 2. The van der Waals surface area contributed by atoms with Crippen molar-refractivity contribution in [1.82, 2.24) is 19.3 Å². The van der Waals surface area contributed by atoms with Crippen LogP contribution in [0, 0.1) is 13.8 Å². The molecule has 0 bridgehead atoms. The predicted molar refractivity (Wildman–Crippen MR) is 126 cm³/mol. The average Bonchev–Trinajstić information content (AvgIpc) is 3.30. The molecule has 2 heterocycles. The van der Waals surface area contributed by atoms with Crippen LogP contribution in [0.4, 0.5) is 0 Å². The van der Waals surface area contributed by atoms with Crippen LogP contribution in [0.15, 0.2) is 59.8 Å². The van der Waals surface area contributed by atoms with Gasteiger partial charge in [-0.3, -0.25) is 0 Å². The van der Waals surface area contributed by atoms with E-state index in [2.05, 4.69) is 76.5 Å². The molecular weight excluding hydrogens is 435 g/mol. The number of benzene rings is 2. The standard InChI is InChI=1S/C23H22Cl2N4S/c1-4-28-22(17-8-11-20(12-9-17)29-15(2)5-6-16(29)3)26-27-23(28)30-14-18-7-10-19(24)13-21(18)25/h5-13H,4,14H2,1-3H3. The van der Waals surface area contributed by atoms with E-state index in [1.54, 1.807) is 17.8 Å². The maximum absolute atomic E-state index is 6.31. The molecule has 30 heavy (non-hydrogen) atoms. The van der Waals surface area contributed by atoms with Gasteiger partial charge in [-0.2, -0.15) is 0 Å². The highest BCUT2D eigenvalue weighted by Crippen LogP contribution is 2.30. The summed E-state index contributed by atoms with van der Waals surface area (Å²) in [4.78, 5) is 0. The molecule has 4 nitrogen and oxygen atoms in total. The summed E-state index contributed by atoms with van der Waals surface area (Å²) in [5.74, 6) is 1.58. The van der Waals surface area contributed by atoms with Gasteiger partial charge in [-0.25, -0.2) is 0 Å². The number of hydrogen-bond acceptors (Lipinski definition) is 3. The van der Waals surface area contributed by atoms with Crippen LogP contribution in [0.2, 0.25) is 10.0 Å². The molecule has 2 aromatic carbocycles. The fourth-order valence-electron chi connectivity index (χ4n) is 3.51. The highest BCUT2D eigenvalue weighted by molar-refractivity contribution is 7.98. The van der Waals surface area contributed by atoms with Crippen molar-refractivity contribution in [1.29, 1.82) is 0 Å². The van der Waals surface area contributed by atoms with Gasteiger partial charge in [0.2, 0.25) is 0 Å². The third-order valence-corrected chi connectivity index (χ3v) is 6.66. The van der Waals surface area contributed by atoms with E-state index in [0.29, 0.717) is 15.8 Å². The largest absolute Gasteiger partial charge is 0.319 e. The number of thioether (sulfide) groups is 1. The molecule has 0 unspecified atom stereocenters. The molecule has 0 aliphatic rings. The zero-order valence-corrected chi connectivity index (χ0v) is 19.4. The summed E-state index contributed by atoms with van der Waals surface area (Å²) in [7, 11) is 0. The van der Waals surface area contributed by atoms with Gasteiger partial charge in [0.1, 0.15) is 0 Å². The molecule has 7 heteroatoms. The van der Waals surface area contributed by atoms with Gasteiger partial charge in [-0.05, 0) is 74.9 Å². The summed E-state index contributed by atoms with van der Waals surface area (Å²) in [5.41, 5.74) is 5.66. The topological polar surface area (TPSA) is 35.6 Å². The first-order valence-corrected chi connectivity index (χ1v) is 11.5. The minimum Gasteiger partial charge on any atom is -0.319 e. The van der Waals surface area contributed by atoms with E-state index in [4.69, 9.17) is 23.2 Å². The van der Waals surface area contributed by atoms with Crippen molar-refractivity contribution in [3.8, 4) is 17.1 Å². The van der Waals surface area contributed by atoms with Crippen molar-refractivity contribution in [2.45, 2.75) is 38.2 Å². The number of aromatic nitrogens is 4. The van der Waals surface area contributed by atoms with Crippen LogP contribution in [0.5, 0.6) is 0 Å². The van der Waals surface area contributed by atoms with Gasteiger partial charge >= 0.3 is 0 Å². The summed E-state index contributed by atoms with van der Waals surface area (Å²) in [6.07, 6.45) is 0. The van der Waals surface area contributed by atoms with Crippen LogP contribution in [0.1, 0.15) is 23.9 Å². The zero-order chi connectivity index (χ0) is 21.3. The van der Waals surface area contributed by atoms with Crippen LogP contribution in [0.3, 0.4) is 0 Å². The van der Waals surface area contributed by atoms with Crippen molar-refractivity contribution >= 4 is 35.0 Å². The van der Waals surface area contributed by atoms with Gasteiger partial charge in [-0.1, -0.05) is 41.0 Å². The van der Waals surface area contributed by atoms with Gasteiger partial charge in [0.25, 0.3) is 0 Å². The van der Waals surface area contributed by atoms with Crippen LogP contribution in [0.25, 0.3) is 17.1 Å². The molecule has 0 spiro atoms. The molecule has 4 rings (SSSR count). The summed E-state index contributed by atoms with van der Waals surface area (Å²) in [6.45, 7) is 7.12. The molecule has 0 saturated heterocycles. The lowest BCUT2D eigenvalue weighted by molar-refractivity contribution is 0.687. The predicted octanol–water partition coefficient (Wildman–Crippen LogP) is 6.97. The maximum atomic E-state index is 6.31. The van der Waals surface area contributed by atoms with E-state index in [1.807, 2.05) is 12.1 Å². The third kappa shape index (κ3) is 4.15. The summed E-state index contributed by atoms with van der Waals surface area (Å²) >= 11 is 13.9. The Hall–Kier alpha value is -2.21. The van der Waals surface area contributed by atoms with E-state index in [0.717, 1.165) is 34.3 Å². The molecule has 0 aliphatic heterocycles. The quantitative estimate of drug-likeness (QED) is 0.293. The number of rotatable bonds is 6. The third-order valence-electron chi connectivity index (χ3n) is 5.06. The lowest BCUT2D eigenvalue weighted by Gasteiger charge is -2.11. The SMILES string of the molecule is CCn1c(SCc2ccc(Cl)cc2Cl)nnc1-c1ccc(-n2c(C)ccc2C)cc1. The van der Waals surface area contributed by atoms with Crippen molar-refractivity contribution < 1.29 is 0 Å². The lowest BCUT2D eigenvalue weighted by atomic mass is 10.2. The zero-order valence-electron chi connectivity index (χ0n) is 17.1. The highest BCUT2D eigenvalue weighted by atomic mass is 35.5. The molecule has 0 aliphatic carbocycles. The van der Waals surface area contributed by atoms with Crippen LogP contribution >= 0.6 is 35.0 Å². The van der Waals surface area contributed by atoms with Crippen LogP contribution in [-0.2, 0) is 12.3 Å². The van der Waals surface area contributed by atoms with Crippen molar-refractivity contribution in [2.24, 2.45) is 0 Å². The summed E-state index contributed by atoms with van der Waals surface area (Å²) < 4.78 is 4.38. The van der Waals surface area contributed by atoms with E-state index < -0.39 is 0 Å². The average molecular weight is 457 g/mol. The minimum absolute atomic E-state index is 0.640. The van der Waals surface area contributed by atoms with Gasteiger partial charge in [-0.15, -0.1) is 10.2 Å². The Labute approximate surface area is 190 Å². The summed E-state index contributed by atoms with van der Waals surface area (Å²) in [5, 5.41) is 11.1. The van der Waals surface area contributed by atoms with Gasteiger partial charge in [0, 0.05) is 45.0 Å². The second-order valence-electron chi connectivity index (χ2n) is 7.07. The molecular formula is C23H22Cl2N4S. The minimum atomic E-state index is 0.640. The van der Waals surface area contributed by atoms with Crippen LogP contribution in [-0.4, -0.2) is 19.3 Å². The molecule has 0 atom stereocenters. The maximum Gasteiger partial charge on any atom is 0.191 e. The fourth-order valence-corrected chi connectivity index (χ4v) is 5.07. The second-order valence-corrected chi connectivity index (χ2v) is 8.86. The molecule has 4 aromatic rings. The van der Waals surface area contributed by atoms with Crippen molar-refractivity contribution in [3.05, 3.63) is 81.6 Å². The summed E-state index contributed by atoms with van der Waals surface area (Å²) in [6, 6.07) is 18.3. The Morgan fingerprint density at radius 2 is 1.60 bits per heavy atom. The second kappa shape index (κ2) is 8.88. The Kier molecular flexibility index (Phi) is 6.23. The first-order valence-electron chi connectivity index (χ1n) is 9.73. The number of hydrogen-bond donors (Lipinski definition) is 0. The highest BCUT2D eigenvalue weighted by Gasteiger charge is 2.14. The van der Waals surface area contributed by atoms with E-state index in [-0.39, 0.29) is 0 Å². The molecule has 0 radical (unpaired) electrons. The Morgan fingerprint density at radius 3 is 2.23 bits per heavy atom. The Morgan fingerprint density at radius 1 is 0.900 bits per heavy atom. The Balaban J connectivity index is 1.57. The van der Waals surface area contributed by atoms with E-state index >= 15 is 0 Å². The van der Waals surface area contributed by atoms with Crippen molar-refractivity contribution in [2.75, 3.05) is 0 Å². The van der Waals surface area contributed by atoms with Gasteiger partial charge in [0.05, 0.1) is 0 Å². The molecule has 0 amide bonds. The fraction of sp³-hybridized carbons (Fsp3) is 0.217. The molecule has 0 saturated carbocycles. The van der Waals surface area contributed by atoms with E-state index in [1.165, 1.54) is 11.4 Å². The first-order chi connectivity index (χ1) is 14.5. The Bertz CT molecular complexity index is 1160. The molecule has 154 valence electrons.